The summed E-state index contributed by atoms with van der Waals surface area (Å²) in [6.07, 6.45) is 6.07. The van der Waals surface area contributed by atoms with Crippen molar-refractivity contribution < 1.29 is 0 Å². The molecule has 0 atom stereocenters. The number of nitrogens with one attached hydrogen (secondary N) is 1. The van der Waals surface area contributed by atoms with Crippen molar-refractivity contribution in [1.82, 2.24) is 5.32 Å². The standard InChI is InChI=1S/C15H26N2/c1-6-8-15(16-11(2)3)12(4)13(5)17-14-9-7-10-14/h14,17H,5-10H2,1-4H3/b15-12-. The number of nitrogens with zero attached hydrogens (tertiary/aromatic N) is 1. The van der Waals surface area contributed by atoms with Gasteiger partial charge in [0.05, 0.1) is 0 Å². The molecule has 0 aromatic carbocycles. The van der Waals surface area contributed by atoms with Crippen LogP contribution in [0.25, 0.3) is 0 Å². The minimum Gasteiger partial charge on any atom is -0.383 e. The van der Waals surface area contributed by atoms with E-state index in [1.807, 2.05) is 13.8 Å². The maximum Gasteiger partial charge on any atom is 0.0452 e. The summed E-state index contributed by atoms with van der Waals surface area (Å²) in [6, 6.07) is 0.645. The number of rotatable bonds is 6. The number of aliphatic imine (C=N–C) groups is 1. The molecule has 1 saturated carbocycles. The lowest BCUT2D eigenvalue weighted by Gasteiger charge is -2.29. The molecule has 0 spiro atoms. The number of allylic oxidation sites excluding steroid dienone is 2. The van der Waals surface area contributed by atoms with E-state index in [1.165, 1.54) is 30.5 Å². The van der Waals surface area contributed by atoms with E-state index in [0.29, 0.717) is 6.04 Å². The zero-order valence-corrected chi connectivity index (χ0v) is 11.8. The molecule has 2 nitrogen and oxygen atoms in total. The van der Waals surface area contributed by atoms with Crippen molar-refractivity contribution in [3.63, 3.8) is 0 Å². The molecular formula is C15H26N2. The van der Waals surface area contributed by atoms with Gasteiger partial charge in [0.25, 0.3) is 0 Å². The van der Waals surface area contributed by atoms with E-state index in [-0.39, 0.29) is 0 Å². The predicted molar refractivity (Wildman–Crippen MR) is 76.3 cm³/mol. The molecule has 0 aromatic rings. The van der Waals surface area contributed by atoms with Gasteiger partial charge < -0.3 is 5.32 Å². The van der Waals surface area contributed by atoms with Gasteiger partial charge in [-0.1, -0.05) is 19.9 Å². The maximum absolute atomic E-state index is 4.63. The minimum atomic E-state index is 0.645. The van der Waals surface area contributed by atoms with E-state index >= 15 is 0 Å². The van der Waals surface area contributed by atoms with E-state index in [2.05, 4.69) is 30.7 Å². The highest BCUT2D eigenvalue weighted by molar-refractivity contribution is 5.80. The first-order valence-electron chi connectivity index (χ1n) is 6.72. The van der Waals surface area contributed by atoms with Gasteiger partial charge in [-0.3, -0.25) is 4.99 Å². The van der Waals surface area contributed by atoms with Gasteiger partial charge in [-0.25, -0.2) is 0 Å². The van der Waals surface area contributed by atoms with Gasteiger partial charge in [0, 0.05) is 23.1 Å². The quantitative estimate of drug-likeness (QED) is 0.540. The smallest absolute Gasteiger partial charge is 0.0452 e. The monoisotopic (exact) mass is 234 g/mol. The first-order chi connectivity index (χ1) is 8.04. The van der Waals surface area contributed by atoms with Crippen LogP contribution in [0.5, 0.6) is 0 Å². The van der Waals surface area contributed by atoms with Crippen LogP contribution in [0.15, 0.2) is 28.5 Å². The third kappa shape index (κ3) is 4.37. The third-order valence-corrected chi connectivity index (χ3v) is 3.21. The van der Waals surface area contributed by atoms with E-state index in [0.717, 1.165) is 24.3 Å². The van der Waals surface area contributed by atoms with E-state index in [9.17, 15) is 0 Å². The van der Waals surface area contributed by atoms with Crippen molar-refractivity contribution in [2.75, 3.05) is 0 Å². The van der Waals surface area contributed by atoms with Crippen LogP contribution < -0.4 is 5.32 Å². The summed E-state index contributed by atoms with van der Waals surface area (Å²) >= 11 is 0. The Labute approximate surface area is 106 Å². The summed E-state index contributed by atoms with van der Waals surface area (Å²) in [6.45, 7) is 12.6. The Bertz CT molecular complexity index is 329. The maximum atomic E-state index is 4.63. The fraction of sp³-hybridized carbons (Fsp3) is 0.667. The SMILES string of the molecule is C=C(NC1CCC1)/C(C)=C(/CCC)N=C(C)C. The second-order valence-corrected chi connectivity index (χ2v) is 5.13. The first-order valence-corrected chi connectivity index (χ1v) is 6.72. The lowest BCUT2D eigenvalue weighted by atomic mass is 9.92. The summed E-state index contributed by atoms with van der Waals surface area (Å²) in [5.74, 6) is 0. The summed E-state index contributed by atoms with van der Waals surface area (Å²) in [7, 11) is 0. The summed E-state index contributed by atoms with van der Waals surface area (Å²) in [5.41, 5.74) is 4.58. The van der Waals surface area contributed by atoms with Gasteiger partial charge in [0.1, 0.15) is 0 Å². The van der Waals surface area contributed by atoms with Crippen LogP contribution in [0.1, 0.15) is 59.8 Å². The zero-order valence-electron chi connectivity index (χ0n) is 11.8. The van der Waals surface area contributed by atoms with Crippen molar-refractivity contribution in [2.24, 2.45) is 4.99 Å². The first kappa shape index (κ1) is 14.0. The highest BCUT2D eigenvalue weighted by Crippen LogP contribution is 2.23. The van der Waals surface area contributed by atoms with Crippen LogP contribution in [0.3, 0.4) is 0 Å². The second kappa shape index (κ2) is 6.63. The molecule has 0 bridgehead atoms. The van der Waals surface area contributed by atoms with E-state index in [1.54, 1.807) is 0 Å². The molecule has 0 heterocycles. The van der Waals surface area contributed by atoms with Gasteiger partial charge >= 0.3 is 0 Å². The van der Waals surface area contributed by atoms with Crippen LogP contribution in [-0.2, 0) is 0 Å². The Hall–Kier alpha value is -1.05. The lowest BCUT2D eigenvalue weighted by Crippen LogP contribution is -2.34. The van der Waals surface area contributed by atoms with Gasteiger partial charge in [-0.2, -0.15) is 0 Å². The molecule has 0 aliphatic heterocycles. The highest BCUT2D eigenvalue weighted by Gasteiger charge is 2.18. The Kier molecular flexibility index (Phi) is 5.46. The predicted octanol–water partition coefficient (Wildman–Crippen LogP) is 4.20. The van der Waals surface area contributed by atoms with Crippen LogP contribution >= 0.6 is 0 Å². The lowest BCUT2D eigenvalue weighted by molar-refractivity contribution is 0.366. The molecule has 0 unspecified atom stereocenters. The molecule has 0 radical (unpaired) electrons. The van der Waals surface area contributed by atoms with Gasteiger partial charge in [-0.15, -0.1) is 0 Å². The fourth-order valence-electron chi connectivity index (χ4n) is 1.92. The van der Waals surface area contributed by atoms with Crippen LogP contribution in [0, 0.1) is 0 Å². The number of hydrogen-bond donors (Lipinski definition) is 1. The average molecular weight is 234 g/mol. The molecule has 1 fully saturated rings. The molecule has 0 saturated heterocycles. The molecule has 1 aliphatic carbocycles. The molecule has 96 valence electrons. The van der Waals surface area contributed by atoms with Crippen LogP contribution in [-0.4, -0.2) is 11.8 Å². The van der Waals surface area contributed by atoms with Crippen molar-refractivity contribution in [3.05, 3.63) is 23.5 Å². The Morgan fingerprint density at radius 2 is 1.94 bits per heavy atom. The van der Waals surface area contributed by atoms with Crippen molar-refractivity contribution >= 4 is 5.71 Å². The molecule has 1 aliphatic rings. The molecule has 0 amide bonds. The van der Waals surface area contributed by atoms with E-state index < -0.39 is 0 Å². The normalized spacial score (nSPS) is 16.9. The second-order valence-electron chi connectivity index (χ2n) is 5.13. The van der Waals surface area contributed by atoms with E-state index in [4.69, 9.17) is 0 Å². The Balaban J connectivity index is 2.73. The summed E-state index contributed by atoms with van der Waals surface area (Å²) in [5, 5.41) is 3.51. The van der Waals surface area contributed by atoms with Crippen LogP contribution in [0.2, 0.25) is 0 Å². The molecule has 2 heteroatoms. The molecule has 1 rings (SSSR count). The third-order valence-electron chi connectivity index (χ3n) is 3.21. The minimum absolute atomic E-state index is 0.645. The zero-order chi connectivity index (χ0) is 12.8. The van der Waals surface area contributed by atoms with Gasteiger partial charge in [0.15, 0.2) is 0 Å². The molecule has 17 heavy (non-hydrogen) atoms. The topological polar surface area (TPSA) is 24.4 Å². The highest BCUT2D eigenvalue weighted by atomic mass is 14.9. The largest absolute Gasteiger partial charge is 0.383 e. The Morgan fingerprint density at radius 3 is 2.35 bits per heavy atom. The summed E-state index contributed by atoms with van der Waals surface area (Å²) < 4.78 is 0. The van der Waals surface area contributed by atoms with Crippen molar-refractivity contribution in [2.45, 2.75) is 65.8 Å². The molecule has 1 N–H and O–H groups in total. The summed E-state index contributed by atoms with van der Waals surface area (Å²) in [4.78, 5) is 4.63. The molecule has 0 aromatic heterocycles. The average Bonchev–Trinajstić information content (AvgIpc) is 2.21. The number of hydrogen-bond acceptors (Lipinski definition) is 2. The molecular weight excluding hydrogens is 208 g/mol. The van der Waals surface area contributed by atoms with Gasteiger partial charge in [-0.05, 0) is 52.0 Å². The van der Waals surface area contributed by atoms with Crippen molar-refractivity contribution in [3.8, 4) is 0 Å². The van der Waals surface area contributed by atoms with Gasteiger partial charge in [0.2, 0.25) is 0 Å². The van der Waals surface area contributed by atoms with Crippen LogP contribution in [0.4, 0.5) is 0 Å². The Morgan fingerprint density at radius 1 is 1.29 bits per heavy atom. The fourth-order valence-corrected chi connectivity index (χ4v) is 1.92. The van der Waals surface area contributed by atoms with Crippen molar-refractivity contribution in [1.29, 1.82) is 0 Å².